The van der Waals surface area contributed by atoms with Crippen LogP contribution in [0.2, 0.25) is 0 Å². The lowest BCUT2D eigenvalue weighted by atomic mass is 9.49. The van der Waals surface area contributed by atoms with Gasteiger partial charge >= 0.3 is 0 Å². The van der Waals surface area contributed by atoms with Crippen molar-refractivity contribution in [1.82, 2.24) is 10.0 Å². The molecular weight excluding hydrogens is 382 g/mol. The van der Waals surface area contributed by atoms with E-state index in [0.29, 0.717) is 18.3 Å². The average molecular weight is 420 g/mol. The van der Waals surface area contributed by atoms with E-state index in [1.807, 2.05) is 18.2 Å². The summed E-state index contributed by atoms with van der Waals surface area (Å²) in [6.07, 6.45) is 7.88. The Morgan fingerprint density at radius 2 is 1.55 bits per heavy atom. The molecule has 0 unspecified atom stereocenters. The van der Waals surface area contributed by atoms with Gasteiger partial charge in [-0.1, -0.05) is 32.0 Å². The first-order chi connectivity index (χ1) is 13.9. The van der Waals surface area contributed by atoms with Gasteiger partial charge < -0.3 is 5.32 Å². The van der Waals surface area contributed by atoms with E-state index in [1.54, 1.807) is 12.1 Å². The topological polar surface area (TPSA) is 70.2 Å². The molecule has 0 saturated heterocycles. The first-order valence-electron chi connectivity index (χ1n) is 11.5. The third-order valence-corrected chi connectivity index (χ3v) is 8.53. The van der Waals surface area contributed by atoms with Crippen LogP contribution in [0.3, 0.4) is 0 Å². The zero-order valence-corrected chi connectivity index (χ0v) is 18.6. The van der Waals surface area contributed by atoms with Crippen molar-refractivity contribution in [2.24, 2.45) is 35.5 Å². The molecule has 0 heterocycles. The Hall–Kier alpha value is -1.11. The Morgan fingerprint density at radius 3 is 2.14 bits per heavy atom. The van der Waals surface area contributed by atoms with Gasteiger partial charge in [-0.05, 0) is 92.7 Å². The van der Waals surface area contributed by atoms with Crippen LogP contribution in [0.1, 0.15) is 52.4 Å². The third kappa shape index (κ3) is 5.15. The van der Waals surface area contributed by atoms with Crippen molar-refractivity contribution < 1.29 is 8.42 Å². The zero-order valence-electron chi connectivity index (χ0n) is 17.8. The summed E-state index contributed by atoms with van der Waals surface area (Å²) >= 11 is 0. The van der Waals surface area contributed by atoms with Gasteiger partial charge in [0, 0.05) is 18.3 Å². The van der Waals surface area contributed by atoms with E-state index < -0.39 is 10.2 Å². The van der Waals surface area contributed by atoms with Crippen molar-refractivity contribution in [1.29, 1.82) is 0 Å². The Kier molecular flexibility index (Phi) is 6.52. The molecule has 4 bridgehead atoms. The summed E-state index contributed by atoms with van der Waals surface area (Å²) in [5.74, 6) is 5.43. The summed E-state index contributed by atoms with van der Waals surface area (Å²) < 4.78 is 29.5. The van der Waals surface area contributed by atoms with Gasteiger partial charge in [0.25, 0.3) is 10.2 Å². The Balaban J connectivity index is 1.18. The maximum atomic E-state index is 12.1. The SMILES string of the molecule is CC(C)CC1C2CC3CC1CC(C2)C3NCCCNS(=O)(=O)Nc1ccccc1. The second-order valence-corrected chi connectivity index (χ2v) is 11.5. The van der Waals surface area contributed by atoms with Crippen molar-refractivity contribution in [3.05, 3.63) is 30.3 Å². The van der Waals surface area contributed by atoms with E-state index in [-0.39, 0.29) is 0 Å². The van der Waals surface area contributed by atoms with Crippen molar-refractivity contribution in [3.63, 3.8) is 0 Å². The lowest BCUT2D eigenvalue weighted by molar-refractivity contribution is -0.0673. The van der Waals surface area contributed by atoms with Crippen LogP contribution in [0.15, 0.2) is 30.3 Å². The molecule has 0 amide bonds. The minimum absolute atomic E-state index is 0.457. The molecule has 4 fully saturated rings. The molecule has 4 saturated carbocycles. The van der Waals surface area contributed by atoms with E-state index in [1.165, 1.54) is 32.1 Å². The Labute approximate surface area is 176 Å². The van der Waals surface area contributed by atoms with E-state index in [0.717, 1.165) is 48.5 Å². The standard InChI is InChI=1S/C23H37N3O2S/c1-16(2)11-22-17-12-19-14-18(22)15-20(13-17)23(19)24-9-6-10-25-29(27,28)26-21-7-4-3-5-8-21/h3-5,7-8,16-20,22-26H,6,9-15H2,1-2H3. The number of benzene rings is 1. The van der Waals surface area contributed by atoms with Crippen LogP contribution in [-0.4, -0.2) is 27.5 Å². The molecule has 6 heteroatoms. The monoisotopic (exact) mass is 419 g/mol. The maximum absolute atomic E-state index is 12.1. The number of rotatable bonds is 10. The van der Waals surface area contributed by atoms with Gasteiger partial charge in [0.15, 0.2) is 0 Å². The highest BCUT2D eigenvalue weighted by atomic mass is 32.2. The highest BCUT2D eigenvalue weighted by Gasteiger charge is 2.52. The molecule has 4 aliphatic rings. The highest BCUT2D eigenvalue weighted by Crippen LogP contribution is 2.57. The smallest absolute Gasteiger partial charge is 0.299 e. The number of para-hydroxylation sites is 1. The number of nitrogens with one attached hydrogen (secondary N) is 3. The van der Waals surface area contributed by atoms with Crippen molar-refractivity contribution in [2.75, 3.05) is 17.8 Å². The molecule has 0 aliphatic heterocycles. The third-order valence-electron chi connectivity index (χ3n) is 7.44. The normalized spacial score (nSPS) is 33.3. The molecule has 5 nitrogen and oxygen atoms in total. The Morgan fingerprint density at radius 1 is 0.931 bits per heavy atom. The van der Waals surface area contributed by atoms with Gasteiger partial charge in [0.05, 0.1) is 0 Å². The summed E-state index contributed by atoms with van der Waals surface area (Å²) in [6, 6.07) is 9.65. The molecule has 29 heavy (non-hydrogen) atoms. The predicted molar refractivity (Wildman–Crippen MR) is 119 cm³/mol. The van der Waals surface area contributed by atoms with Gasteiger partial charge in [-0.2, -0.15) is 13.1 Å². The van der Waals surface area contributed by atoms with Gasteiger partial charge in [-0.3, -0.25) is 4.72 Å². The summed E-state index contributed by atoms with van der Waals surface area (Å²) in [6.45, 7) is 6.09. The second kappa shape index (κ2) is 8.94. The number of hydrogen-bond donors (Lipinski definition) is 3. The second-order valence-electron chi connectivity index (χ2n) is 9.98. The maximum Gasteiger partial charge on any atom is 0.299 e. The van der Waals surface area contributed by atoms with Crippen LogP contribution >= 0.6 is 0 Å². The molecule has 3 N–H and O–H groups in total. The van der Waals surface area contributed by atoms with E-state index in [9.17, 15) is 8.42 Å². The lowest BCUT2D eigenvalue weighted by Crippen LogP contribution is -2.57. The number of hydrogen-bond acceptors (Lipinski definition) is 3. The van der Waals surface area contributed by atoms with Crippen LogP contribution in [0.4, 0.5) is 5.69 Å². The van der Waals surface area contributed by atoms with Crippen LogP contribution < -0.4 is 14.8 Å². The van der Waals surface area contributed by atoms with Crippen LogP contribution in [0.5, 0.6) is 0 Å². The number of anilines is 1. The molecule has 0 aromatic heterocycles. The van der Waals surface area contributed by atoms with Crippen LogP contribution in [0, 0.1) is 35.5 Å². The lowest BCUT2D eigenvalue weighted by Gasteiger charge is -2.58. The largest absolute Gasteiger partial charge is 0.313 e. The fourth-order valence-electron chi connectivity index (χ4n) is 6.52. The van der Waals surface area contributed by atoms with Crippen molar-refractivity contribution >= 4 is 15.9 Å². The summed E-state index contributed by atoms with van der Waals surface area (Å²) in [5, 5.41) is 3.80. The Bertz CT molecular complexity index is 736. The molecule has 0 spiro atoms. The van der Waals surface area contributed by atoms with Crippen LogP contribution in [0.25, 0.3) is 0 Å². The van der Waals surface area contributed by atoms with Crippen molar-refractivity contribution in [2.45, 2.75) is 58.4 Å². The minimum atomic E-state index is -3.50. The summed E-state index contributed by atoms with van der Waals surface area (Å²) in [5.41, 5.74) is 0.586. The fourth-order valence-corrected chi connectivity index (χ4v) is 7.45. The average Bonchev–Trinajstić information content (AvgIpc) is 2.65. The van der Waals surface area contributed by atoms with E-state index in [4.69, 9.17) is 0 Å². The molecule has 0 atom stereocenters. The zero-order chi connectivity index (χ0) is 20.4. The minimum Gasteiger partial charge on any atom is -0.313 e. The van der Waals surface area contributed by atoms with E-state index >= 15 is 0 Å². The van der Waals surface area contributed by atoms with Gasteiger partial charge in [0.2, 0.25) is 0 Å². The molecule has 5 rings (SSSR count). The molecular formula is C23H37N3O2S. The van der Waals surface area contributed by atoms with E-state index in [2.05, 4.69) is 28.6 Å². The van der Waals surface area contributed by atoms with Crippen molar-refractivity contribution in [3.8, 4) is 0 Å². The molecule has 0 radical (unpaired) electrons. The quantitative estimate of drug-likeness (QED) is 0.502. The first kappa shape index (κ1) is 21.1. The predicted octanol–water partition coefficient (Wildman–Crippen LogP) is 4.01. The first-order valence-corrected chi connectivity index (χ1v) is 13.0. The van der Waals surface area contributed by atoms with Gasteiger partial charge in [-0.15, -0.1) is 0 Å². The fraction of sp³-hybridized carbons (Fsp3) is 0.739. The van der Waals surface area contributed by atoms with Gasteiger partial charge in [-0.25, -0.2) is 0 Å². The molecule has 162 valence electrons. The highest BCUT2D eigenvalue weighted by molar-refractivity contribution is 7.90. The molecule has 4 aliphatic carbocycles. The molecule has 1 aromatic carbocycles. The van der Waals surface area contributed by atoms with Gasteiger partial charge in [0.1, 0.15) is 0 Å². The van der Waals surface area contributed by atoms with Crippen LogP contribution in [-0.2, 0) is 10.2 Å². The molecule has 1 aromatic rings. The summed E-state index contributed by atoms with van der Waals surface area (Å²) in [7, 11) is -3.50. The summed E-state index contributed by atoms with van der Waals surface area (Å²) in [4.78, 5) is 0.